The Morgan fingerprint density at radius 2 is 1.92 bits per heavy atom. The van der Waals surface area contributed by atoms with Gasteiger partial charge >= 0.3 is 0 Å². The fraction of sp³-hybridized carbons (Fsp3) is 0.238. The van der Waals surface area contributed by atoms with Crippen LogP contribution in [0, 0.1) is 6.92 Å². The van der Waals surface area contributed by atoms with E-state index >= 15 is 0 Å². The molecule has 4 rings (SSSR count). The highest BCUT2D eigenvalue weighted by atomic mass is 15.6. The molecule has 2 N–H and O–H groups in total. The summed E-state index contributed by atoms with van der Waals surface area (Å²) in [4.78, 5) is 9.21. The minimum atomic E-state index is -0.458. The number of aromatic nitrogens is 1. The van der Waals surface area contributed by atoms with Crippen LogP contribution in [0.2, 0.25) is 0 Å². The van der Waals surface area contributed by atoms with Crippen LogP contribution in [-0.2, 0) is 6.54 Å². The molecule has 2 aliphatic heterocycles. The average Bonchev–Trinajstić information content (AvgIpc) is 2.94. The van der Waals surface area contributed by atoms with Crippen LogP contribution in [0.5, 0.6) is 0 Å². The zero-order valence-corrected chi connectivity index (χ0v) is 15.3. The lowest BCUT2D eigenvalue weighted by Gasteiger charge is -2.30. The molecule has 0 amide bonds. The predicted molar refractivity (Wildman–Crippen MR) is 105 cm³/mol. The third-order valence-electron chi connectivity index (χ3n) is 4.73. The van der Waals surface area contributed by atoms with Gasteiger partial charge in [0, 0.05) is 30.2 Å². The summed E-state index contributed by atoms with van der Waals surface area (Å²) in [6, 6.07) is 14.6. The van der Waals surface area contributed by atoms with E-state index in [1.807, 2.05) is 48.6 Å². The summed E-state index contributed by atoms with van der Waals surface area (Å²) in [5.41, 5.74) is 8.63. The number of pyridine rings is 1. The number of nitrogens with zero attached hydrogens (tertiary/aromatic N) is 3. The summed E-state index contributed by atoms with van der Waals surface area (Å²) in [6.07, 6.45) is 5.85. The molecule has 26 heavy (non-hydrogen) atoms. The molecule has 0 saturated heterocycles. The normalized spacial score (nSPS) is 21.8. The number of nitrogens with one attached hydrogen (secondary N) is 2. The van der Waals surface area contributed by atoms with Crippen molar-refractivity contribution in [3.8, 4) is 0 Å². The fourth-order valence-electron chi connectivity index (χ4n) is 3.33. The smallest absolute Gasteiger partial charge is 0.154 e. The number of fused-ring (bicyclic) bond motifs is 1. The second-order valence-electron chi connectivity index (χ2n) is 6.91. The van der Waals surface area contributed by atoms with Crippen LogP contribution in [0.4, 0.5) is 0 Å². The standard InChI is InChI=1S/C21H23N5/c1-15-7-9-17(10-8-15)19-20-24-16(2)11-13-26(20)25-21(19,3)23-14-18-6-4-5-12-22-18/h4-13,23,25H,14H2,1-3H3. The summed E-state index contributed by atoms with van der Waals surface area (Å²) < 4.78 is 0. The maximum absolute atomic E-state index is 4.79. The summed E-state index contributed by atoms with van der Waals surface area (Å²) in [7, 11) is 0. The van der Waals surface area contributed by atoms with Gasteiger partial charge in [-0.2, -0.15) is 0 Å². The van der Waals surface area contributed by atoms with Crippen molar-refractivity contribution in [3.63, 3.8) is 0 Å². The van der Waals surface area contributed by atoms with Gasteiger partial charge < -0.3 is 0 Å². The first-order valence-corrected chi connectivity index (χ1v) is 8.82. The molecule has 1 unspecified atom stereocenters. The van der Waals surface area contributed by atoms with Gasteiger partial charge in [-0.25, -0.2) is 10.4 Å². The summed E-state index contributed by atoms with van der Waals surface area (Å²) in [6.45, 7) is 6.93. The Kier molecular flexibility index (Phi) is 4.18. The lowest BCUT2D eigenvalue weighted by Crippen LogP contribution is -2.54. The monoisotopic (exact) mass is 345 g/mol. The van der Waals surface area contributed by atoms with E-state index in [0.29, 0.717) is 6.54 Å². The number of hydrazine groups is 1. The van der Waals surface area contributed by atoms with E-state index in [9.17, 15) is 0 Å². The quantitative estimate of drug-likeness (QED) is 0.892. The number of aryl methyl sites for hydroxylation is 1. The zero-order valence-electron chi connectivity index (χ0n) is 15.3. The maximum atomic E-state index is 4.79. The number of hydrogen-bond acceptors (Lipinski definition) is 5. The Morgan fingerprint density at radius 3 is 2.65 bits per heavy atom. The van der Waals surface area contributed by atoms with Gasteiger partial charge in [0.15, 0.2) is 5.82 Å². The van der Waals surface area contributed by atoms with E-state index in [2.05, 4.69) is 53.8 Å². The van der Waals surface area contributed by atoms with E-state index in [1.165, 1.54) is 5.56 Å². The summed E-state index contributed by atoms with van der Waals surface area (Å²) in [5, 5.41) is 5.63. The second-order valence-corrected chi connectivity index (χ2v) is 6.91. The van der Waals surface area contributed by atoms with Crippen LogP contribution in [0.15, 0.2) is 71.8 Å². The highest BCUT2D eigenvalue weighted by Gasteiger charge is 2.41. The van der Waals surface area contributed by atoms with Crippen LogP contribution < -0.4 is 10.7 Å². The molecule has 0 radical (unpaired) electrons. The van der Waals surface area contributed by atoms with Crippen molar-refractivity contribution in [1.82, 2.24) is 20.7 Å². The van der Waals surface area contributed by atoms with Crippen LogP contribution >= 0.6 is 0 Å². The minimum Gasteiger partial charge on any atom is -0.289 e. The molecule has 0 saturated carbocycles. The molecule has 0 aliphatic carbocycles. The predicted octanol–water partition coefficient (Wildman–Crippen LogP) is 3.37. The van der Waals surface area contributed by atoms with Crippen molar-refractivity contribution in [1.29, 1.82) is 0 Å². The largest absolute Gasteiger partial charge is 0.289 e. The van der Waals surface area contributed by atoms with Gasteiger partial charge in [0.2, 0.25) is 0 Å². The van der Waals surface area contributed by atoms with Gasteiger partial charge in [0.05, 0.1) is 5.69 Å². The highest BCUT2D eigenvalue weighted by molar-refractivity contribution is 5.95. The molecule has 132 valence electrons. The van der Waals surface area contributed by atoms with Gasteiger partial charge in [-0.1, -0.05) is 35.9 Å². The first kappa shape index (κ1) is 16.7. The minimum absolute atomic E-state index is 0.458. The molecule has 3 heterocycles. The fourth-order valence-corrected chi connectivity index (χ4v) is 3.33. The van der Waals surface area contributed by atoms with Crippen molar-refractivity contribution in [2.75, 3.05) is 0 Å². The Bertz CT molecular complexity index is 896. The number of aliphatic imine (C=N–C) groups is 1. The molecule has 0 spiro atoms. The summed E-state index contributed by atoms with van der Waals surface area (Å²) >= 11 is 0. The molecule has 1 atom stereocenters. The number of benzene rings is 1. The van der Waals surface area contributed by atoms with E-state index < -0.39 is 5.66 Å². The Morgan fingerprint density at radius 1 is 1.12 bits per heavy atom. The molecule has 0 fully saturated rings. The lowest BCUT2D eigenvalue weighted by atomic mass is 9.94. The molecule has 1 aromatic carbocycles. The molecule has 0 bridgehead atoms. The van der Waals surface area contributed by atoms with Crippen LogP contribution in [0.25, 0.3) is 5.57 Å². The molecule has 5 heteroatoms. The van der Waals surface area contributed by atoms with Crippen molar-refractivity contribution < 1.29 is 0 Å². The maximum Gasteiger partial charge on any atom is 0.154 e. The van der Waals surface area contributed by atoms with Crippen molar-refractivity contribution in [3.05, 3.63) is 83.6 Å². The summed E-state index contributed by atoms with van der Waals surface area (Å²) in [5.74, 6) is 0.935. The third-order valence-corrected chi connectivity index (χ3v) is 4.73. The van der Waals surface area contributed by atoms with Crippen LogP contribution in [0.3, 0.4) is 0 Å². The molecule has 5 nitrogen and oxygen atoms in total. The van der Waals surface area contributed by atoms with Gasteiger partial charge in [-0.15, -0.1) is 0 Å². The van der Waals surface area contributed by atoms with Gasteiger partial charge in [0.25, 0.3) is 0 Å². The van der Waals surface area contributed by atoms with Gasteiger partial charge in [0.1, 0.15) is 5.66 Å². The van der Waals surface area contributed by atoms with Crippen LogP contribution in [0.1, 0.15) is 30.7 Å². The lowest BCUT2D eigenvalue weighted by molar-refractivity contribution is 0.243. The van der Waals surface area contributed by atoms with E-state index in [-0.39, 0.29) is 0 Å². The van der Waals surface area contributed by atoms with E-state index in [1.54, 1.807) is 0 Å². The molecular weight excluding hydrogens is 322 g/mol. The molecule has 2 aliphatic rings. The van der Waals surface area contributed by atoms with Crippen molar-refractivity contribution >= 4 is 11.3 Å². The van der Waals surface area contributed by atoms with Crippen LogP contribution in [-0.4, -0.2) is 21.4 Å². The van der Waals surface area contributed by atoms with Gasteiger partial charge in [-0.3, -0.25) is 15.3 Å². The SMILES string of the molecule is CC1=NC2=C(c3ccc(C)cc3)C(C)(NCc3ccccn3)NN2C=C1. The topological polar surface area (TPSA) is 52.6 Å². The number of rotatable bonds is 4. The zero-order chi connectivity index (χ0) is 18.1. The molecule has 2 aromatic rings. The Labute approximate surface area is 154 Å². The van der Waals surface area contributed by atoms with Crippen molar-refractivity contribution in [2.45, 2.75) is 33.0 Å². The second kappa shape index (κ2) is 6.52. The highest BCUT2D eigenvalue weighted by Crippen LogP contribution is 2.38. The Balaban J connectivity index is 1.73. The van der Waals surface area contributed by atoms with Gasteiger partial charge in [-0.05, 0) is 44.5 Å². The van der Waals surface area contributed by atoms with E-state index in [0.717, 1.165) is 28.4 Å². The first-order chi connectivity index (χ1) is 12.5. The molecule has 1 aromatic heterocycles. The average molecular weight is 345 g/mol. The molecular formula is C21H23N5. The number of hydrogen-bond donors (Lipinski definition) is 2. The van der Waals surface area contributed by atoms with Crippen molar-refractivity contribution in [2.24, 2.45) is 4.99 Å². The van der Waals surface area contributed by atoms with E-state index in [4.69, 9.17) is 4.99 Å². The number of allylic oxidation sites excluding steroid dienone is 1. The first-order valence-electron chi connectivity index (χ1n) is 8.82. The Hall–Kier alpha value is -2.76. The third kappa shape index (κ3) is 3.07.